The summed E-state index contributed by atoms with van der Waals surface area (Å²) in [6, 6.07) is 19.2. The van der Waals surface area contributed by atoms with Crippen molar-refractivity contribution >= 4 is 17.5 Å². The first-order valence-corrected chi connectivity index (χ1v) is 9.19. The third-order valence-corrected chi connectivity index (χ3v) is 5.28. The molecule has 1 N–H and O–H groups in total. The average molecular weight is 351 g/mol. The predicted octanol–water partition coefficient (Wildman–Crippen LogP) is 4.83. The number of ketones is 1. The summed E-state index contributed by atoms with van der Waals surface area (Å²) in [5.41, 5.74) is 4.12. The fourth-order valence-electron chi connectivity index (χ4n) is 2.86. The molecule has 3 aromatic rings. The second-order valence-corrected chi connectivity index (χ2v) is 7.11. The molecule has 0 radical (unpaired) electrons. The van der Waals surface area contributed by atoms with Crippen LogP contribution in [0.3, 0.4) is 0 Å². The summed E-state index contributed by atoms with van der Waals surface area (Å²) >= 11 is 1.49. The molecule has 0 aliphatic rings. The zero-order valence-electron chi connectivity index (χ0n) is 14.4. The number of Topliss-reactive ketones (excluding diaryl/α,β-unsaturated/α-hetero) is 1. The lowest BCUT2D eigenvalue weighted by molar-refractivity contribution is 0.102. The van der Waals surface area contributed by atoms with Gasteiger partial charge >= 0.3 is 0 Å². The second kappa shape index (κ2) is 7.62. The molecule has 0 aliphatic carbocycles. The molecule has 0 saturated heterocycles. The lowest BCUT2D eigenvalue weighted by atomic mass is 10.2. The van der Waals surface area contributed by atoms with E-state index in [4.69, 9.17) is 0 Å². The Morgan fingerprint density at radius 1 is 1.04 bits per heavy atom. The standard InChI is InChI=1S/C21H21NO2S/c1-15-12-20(16(2)22(15)13-17-6-4-3-5-7-17)21(24)14-25-19-10-8-18(23)9-11-19/h3-12,23H,13-14H2,1-2H3. The predicted molar refractivity (Wildman–Crippen MR) is 103 cm³/mol. The fourth-order valence-corrected chi connectivity index (χ4v) is 3.64. The van der Waals surface area contributed by atoms with Crippen LogP contribution in [0.25, 0.3) is 0 Å². The van der Waals surface area contributed by atoms with Gasteiger partial charge in [-0.1, -0.05) is 30.3 Å². The van der Waals surface area contributed by atoms with Crippen LogP contribution >= 0.6 is 11.8 Å². The van der Waals surface area contributed by atoms with E-state index in [1.54, 1.807) is 12.1 Å². The lowest BCUT2D eigenvalue weighted by Crippen LogP contribution is -2.07. The minimum absolute atomic E-state index is 0.130. The van der Waals surface area contributed by atoms with Crippen molar-refractivity contribution in [3.8, 4) is 5.75 Å². The quantitative estimate of drug-likeness (QED) is 0.511. The molecule has 0 unspecified atom stereocenters. The van der Waals surface area contributed by atoms with Gasteiger partial charge in [-0.25, -0.2) is 0 Å². The van der Waals surface area contributed by atoms with Gasteiger partial charge in [0.25, 0.3) is 0 Å². The van der Waals surface area contributed by atoms with E-state index in [1.807, 2.05) is 50.2 Å². The number of aromatic hydroxyl groups is 1. The van der Waals surface area contributed by atoms with Gasteiger partial charge in [0, 0.05) is 28.4 Å². The molecule has 2 aromatic carbocycles. The Labute approximate surface area is 152 Å². The van der Waals surface area contributed by atoms with Crippen LogP contribution in [-0.4, -0.2) is 21.2 Å². The first kappa shape index (κ1) is 17.4. The zero-order chi connectivity index (χ0) is 17.8. The van der Waals surface area contributed by atoms with Crippen LogP contribution in [0.15, 0.2) is 65.6 Å². The van der Waals surface area contributed by atoms with E-state index in [1.165, 1.54) is 17.3 Å². The Morgan fingerprint density at radius 3 is 2.40 bits per heavy atom. The van der Waals surface area contributed by atoms with Gasteiger partial charge in [0.15, 0.2) is 5.78 Å². The van der Waals surface area contributed by atoms with E-state index in [9.17, 15) is 9.90 Å². The highest BCUT2D eigenvalue weighted by molar-refractivity contribution is 8.00. The van der Waals surface area contributed by atoms with Crippen LogP contribution in [0.1, 0.15) is 27.3 Å². The van der Waals surface area contributed by atoms with Gasteiger partial charge in [0.2, 0.25) is 0 Å². The summed E-state index contributed by atoms with van der Waals surface area (Å²) in [6.07, 6.45) is 0. The number of benzene rings is 2. The topological polar surface area (TPSA) is 42.2 Å². The van der Waals surface area contributed by atoms with Gasteiger partial charge in [-0.05, 0) is 49.7 Å². The molecule has 0 atom stereocenters. The van der Waals surface area contributed by atoms with Crippen molar-refractivity contribution in [3.63, 3.8) is 0 Å². The van der Waals surface area contributed by atoms with Crippen molar-refractivity contribution in [2.75, 3.05) is 5.75 Å². The van der Waals surface area contributed by atoms with Crippen molar-refractivity contribution in [2.45, 2.75) is 25.3 Å². The highest BCUT2D eigenvalue weighted by atomic mass is 32.2. The Balaban J connectivity index is 1.72. The lowest BCUT2D eigenvalue weighted by Gasteiger charge is -2.10. The SMILES string of the molecule is Cc1cc(C(=O)CSc2ccc(O)cc2)c(C)n1Cc1ccccc1. The fraction of sp³-hybridized carbons (Fsp3) is 0.190. The molecule has 25 heavy (non-hydrogen) atoms. The average Bonchev–Trinajstić information content (AvgIpc) is 2.90. The molecule has 0 bridgehead atoms. The third-order valence-electron chi connectivity index (χ3n) is 4.26. The van der Waals surface area contributed by atoms with Crippen molar-refractivity contribution in [3.05, 3.63) is 83.2 Å². The van der Waals surface area contributed by atoms with Crippen LogP contribution in [0, 0.1) is 13.8 Å². The third kappa shape index (κ3) is 4.15. The number of aryl methyl sites for hydroxylation is 1. The summed E-state index contributed by atoms with van der Waals surface area (Å²) < 4.78 is 2.19. The van der Waals surface area contributed by atoms with Crippen LogP contribution in [0.2, 0.25) is 0 Å². The Kier molecular flexibility index (Phi) is 5.29. The van der Waals surface area contributed by atoms with Gasteiger partial charge in [-0.3, -0.25) is 4.79 Å². The molecule has 3 nitrogen and oxygen atoms in total. The maximum atomic E-state index is 12.6. The number of phenols is 1. The number of carbonyl (C=O) groups is 1. The minimum atomic E-state index is 0.130. The molecular formula is C21H21NO2S. The van der Waals surface area contributed by atoms with E-state index in [-0.39, 0.29) is 11.5 Å². The van der Waals surface area contributed by atoms with E-state index >= 15 is 0 Å². The molecule has 0 spiro atoms. The normalized spacial score (nSPS) is 10.8. The van der Waals surface area contributed by atoms with E-state index in [2.05, 4.69) is 16.7 Å². The van der Waals surface area contributed by atoms with Gasteiger partial charge in [0.1, 0.15) is 5.75 Å². The van der Waals surface area contributed by atoms with Gasteiger partial charge in [-0.15, -0.1) is 11.8 Å². The molecule has 3 rings (SSSR count). The summed E-state index contributed by atoms with van der Waals surface area (Å²) in [5, 5.41) is 9.32. The molecule has 0 aliphatic heterocycles. The first-order valence-electron chi connectivity index (χ1n) is 8.20. The Bertz CT molecular complexity index is 867. The molecule has 128 valence electrons. The number of rotatable bonds is 6. The highest BCUT2D eigenvalue weighted by Gasteiger charge is 2.16. The molecule has 0 fully saturated rings. The summed E-state index contributed by atoms with van der Waals surface area (Å²) in [5.74, 6) is 0.756. The number of hydrogen-bond acceptors (Lipinski definition) is 3. The zero-order valence-corrected chi connectivity index (χ0v) is 15.2. The maximum absolute atomic E-state index is 12.6. The molecule has 0 saturated carbocycles. The monoisotopic (exact) mass is 351 g/mol. The summed E-state index contributed by atoms with van der Waals surface area (Å²) in [4.78, 5) is 13.6. The number of carbonyl (C=O) groups excluding carboxylic acids is 1. The molecule has 0 amide bonds. The van der Waals surface area contributed by atoms with Crippen molar-refractivity contribution in [1.29, 1.82) is 0 Å². The van der Waals surface area contributed by atoms with E-state index in [0.717, 1.165) is 28.4 Å². The summed E-state index contributed by atoms with van der Waals surface area (Å²) in [6.45, 7) is 4.82. The van der Waals surface area contributed by atoms with Gasteiger partial charge in [0.05, 0.1) is 5.75 Å². The van der Waals surface area contributed by atoms with Crippen LogP contribution in [0.4, 0.5) is 0 Å². The number of thioether (sulfide) groups is 1. The van der Waals surface area contributed by atoms with E-state index in [0.29, 0.717) is 5.75 Å². The Morgan fingerprint density at radius 2 is 1.72 bits per heavy atom. The molecule has 1 heterocycles. The highest BCUT2D eigenvalue weighted by Crippen LogP contribution is 2.24. The number of hydrogen-bond donors (Lipinski definition) is 1. The Hall–Kier alpha value is -2.46. The van der Waals surface area contributed by atoms with Crippen molar-refractivity contribution in [1.82, 2.24) is 4.57 Å². The first-order chi connectivity index (χ1) is 12.0. The molecule has 4 heteroatoms. The number of phenolic OH excluding ortho intramolecular Hbond substituents is 1. The minimum Gasteiger partial charge on any atom is -0.508 e. The van der Waals surface area contributed by atoms with Crippen LogP contribution in [0.5, 0.6) is 5.75 Å². The van der Waals surface area contributed by atoms with Crippen molar-refractivity contribution in [2.24, 2.45) is 0 Å². The maximum Gasteiger partial charge on any atom is 0.174 e. The van der Waals surface area contributed by atoms with Crippen molar-refractivity contribution < 1.29 is 9.90 Å². The summed E-state index contributed by atoms with van der Waals surface area (Å²) in [7, 11) is 0. The number of aromatic nitrogens is 1. The number of nitrogens with zero attached hydrogens (tertiary/aromatic N) is 1. The van der Waals surface area contributed by atoms with Gasteiger partial charge < -0.3 is 9.67 Å². The smallest absolute Gasteiger partial charge is 0.174 e. The van der Waals surface area contributed by atoms with Gasteiger partial charge in [-0.2, -0.15) is 0 Å². The second-order valence-electron chi connectivity index (χ2n) is 6.06. The van der Waals surface area contributed by atoms with Crippen LogP contribution in [-0.2, 0) is 6.54 Å². The molecular weight excluding hydrogens is 330 g/mol. The van der Waals surface area contributed by atoms with E-state index < -0.39 is 0 Å². The largest absolute Gasteiger partial charge is 0.508 e. The van der Waals surface area contributed by atoms with Crippen LogP contribution < -0.4 is 0 Å². The molecule has 1 aromatic heterocycles.